The standard InChI is InChI=1S/C18H26O4/c1-3-18(21-13-14-22-18)17-10-8-16(9-11-17)7-5-4-6-12-20-15(2)19/h8-11H,3-7,12-14H2,1-2H3. The van der Waals surface area contributed by atoms with E-state index in [0.717, 1.165) is 37.7 Å². The van der Waals surface area contributed by atoms with Gasteiger partial charge in [0.25, 0.3) is 0 Å². The van der Waals surface area contributed by atoms with E-state index in [1.165, 1.54) is 12.5 Å². The molecule has 22 heavy (non-hydrogen) atoms. The average Bonchev–Trinajstić information content (AvgIpc) is 3.01. The van der Waals surface area contributed by atoms with Crippen LogP contribution in [0.3, 0.4) is 0 Å². The van der Waals surface area contributed by atoms with Crippen LogP contribution in [0, 0.1) is 0 Å². The predicted octanol–water partition coefficient (Wildman–Crippen LogP) is 3.57. The Bertz CT molecular complexity index is 460. The van der Waals surface area contributed by atoms with Crippen LogP contribution in [0.1, 0.15) is 50.7 Å². The van der Waals surface area contributed by atoms with Gasteiger partial charge in [-0.25, -0.2) is 0 Å². The van der Waals surface area contributed by atoms with Crippen molar-refractivity contribution >= 4 is 5.97 Å². The number of hydrogen-bond acceptors (Lipinski definition) is 4. The van der Waals surface area contributed by atoms with Gasteiger partial charge >= 0.3 is 5.97 Å². The number of unbranched alkanes of at least 4 members (excludes halogenated alkanes) is 2. The van der Waals surface area contributed by atoms with E-state index in [2.05, 4.69) is 31.2 Å². The van der Waals surface area contributed by atoms with Gasteiger partial charge in [0.15, 0.2) is 5.79 Å². The molecule has 0 atom stereocenters. The molecule has 1 aliphatic heterocycles. The number of aryl methyl sites for hydroxylation is 1. The lowest BCUT2D eigenvalue weighted by Crippen LogP contribution is -2.25. The zero-order valence-electron chi connectivity index (χ0n) is 13.6. The van der Waals surface area contributed by atoms with Crippen molar-refractivity contribution in [3.8, 4) is 0 Å². The smallest absolute Gasteiger partial charge is 0.302 e. The van der Waals surface area contributed by atoms with Crippen molar-refractivity contribution < 1.29 is 19.0 Å². The van der Waals surface area contributed by atoms with Gasteiger partial charge in [-0.15, -0.1) is 0 Å². The van der Waals surface area contributed by atoms with Crippen LogP contribution in [0.25, 0.3) is 0 Å². The third-order valence-corrected chi connectivity index (χ3v) is 4.03. The van der Waals surface area contributed by atoms with Gasteiger partial charge in [-0.1, -0.05) is 31.2 Å². The number of rotatable bonds is 8. The quantitative estimate of drug-likeness (QED) is 0.544. The molecule has 2 rings (SSSR count). The van der Waals surface area contributed by atoms with Crippen molar-refractivity contribution in [2.75, 3.05) is 19.8 Å². The molecule has 0 saturated carbocycles. The van der Waals surface area contributed by atoms with E-state index in [1.807, 2.05) is 0 Å². The molecule has 1 heterocycles. The van der Waals surface area contributed by atoms with Crippen LogP contribution < -0.4 is 0 Å². The number of carbonyl (C=O) groups is 1. The molecule has 0 spiro atoms. The first-order valence-electron chi connectivity index (χ1n) is 8.17. The minimum atomic E-state index is -0.539. The number of esters is 1. The third-order valence-electron chi connectivity index (χ3n) is 4.03. The predicted molar refractivity (Wildman–Crippen MR) is 84.5 cm³/mol. The zero-order chi connectivity index (χ0) is 15.8. The van der Waals surface area contributed by atoms with Crippen molar-refractivity contribution in [1.29, 1.82) is 0 Å². The van der Waals surface area contributed by atoms with E-state index >= 15 is 0 Å². The monoisotopic (exact) mass is 306 g/mol. The van der Waals surface area contributed by atoms with Crippen molar-refractivity contribution in [2.45, 2.75) is 51.7 Å². The largest absolute Gasteiger partial charge is 0.466 e. The van der Waals surface area contributed by atoms with Gasteiger partial charge in [0.05, 0.1) is 19.8 Å². The Morgan fingerprint density at radius 2 is 1.82 bits per heavy atom. The summed E-state index contributed by atoms with van der Waals surface area (Å²) in [5.74, 6) is -0.737. The molecule has 4 nitrogen and oxygen atoms in total. The number of ether oxygens (including phenoxy) is 3. The first-order chi connectivity index (χ1) is 10.7. The second-order valence-corrected chi connectivity index (χ2v) is 5.65. The molecule has 0 amide bonds. The van der Waals surface area contributed by atoms with Crippen LogP contribution in [-0.4, -0.2) is 25.8 Å². The first kappa shape index (κ1) is 17.0. The molecule has 1 aliphatic rings. The summed E-state index contributed by atoms with van der Waals surface area (Å²) < 4.78 is 16.5. The lowest BCUT2D eigenvalue weighted by molar-refractivity contribution is -0.167. The Balaban J connectivity index is 1.76. The van der Waals surface area contributed by atoms with Gasteiger partial charge in [-0.3, -0.25) is 4.79 Å². The maximum Gasteiger partial charge on any atom is 0.302 e. The molecule has 0 radical (unpaired) electrons. The highest BCUT2D eigenvalue weighted by atomic mass is 16.7. The highest BCUT2D eigenvalue weighted by Crippen LogP contribution is 2.34. The maximum absolute atomic E-state index is 10.6. The normalized spacial score (nSPS) is 16.6. The van der Waals surface area contributed by atoms with Crippen LogP contribution in [0.4, 0.5) is 0 Å². The Kier molecular flexibility index (Phi) is 6.40. The molecule has 122 valence electrons. The summed E-state index contributed by atoms with van der Waals surface area (Å²) in [6.07, 6.45) is 4.97. The molecule has 4 heteroatoms. The molecular weight excluding hydrogens is 280 g/mol. The molecule has 0 unspecified atom stereocenters. The highest BCUT2D eigenvalue weighted by Gasteiger charge is 2.36. The lowest BCUT2D eigenvalue weighted by Gasteiger charge is -2.26. The van der Waals surface area contributed by atoms with Crippen LogP contribution in [0.5, 0.6) is 0 Å². The first-order valence-corrected chi connectivity index (χ1v) is 8.17. The van der Waals surface area contributed by atoms with Crippen LogP contribution in [0.15, 0.2) is 24.3 Å². The van der Waals surface area contributed by atoms with Gasteiger partial charge in [0.1, 0.15) is 0 Å². The van der Waals surface area contributed by atoms with E-state index in [1.54, 1.807) is 0 Å². The molecule has 1 aromatic rings. The van der Waals surface area contributed by atoms with Crippen molar-refractivity contribution in [3.63, 3.8) is 0 Å². The zero-order valence-corrected chi connectivity index (χ0v) is 13.6. The van der Waals surface area contributed by atoms with E-state index in [9.17, 15) is 4.79 Å². The van der Waals surface area contributed by atoms with Crippen molar-refractivity contribution in [1.82, 2.24) is 0 Å². The summed E-state index contributed by atoms with van der Waals surface area (Å²) in [4.78, 5) is 10.6. The molecule has 1 aromatic carbocycles. The summed E-state index contributed by atoms with van der Waals surface area (Å²) in [5, 5.41) is 0. The Morgan fingerprint density at radius 3 is 2.41 bits per heavy atom. The number of benzene rings is 1. The van der Waals surface area contributed by atoms with Gasteiger partial charge in [-0.2, -0.15) is 0 Å². The fourth-order valence-corrected chi connectivity index (χ4v) is 2.78. The minimum absolute atomic E-state index is 0.197. The van der Waals surface area contributed by atoms with Crippen LogP contribution in [0.2, 0.25) is 0 Å². The second-order valence-electron chi connectivity index (χ2n) is 5.65. The van der Waals surface area contributed by atoms with E-state index < -0.39 is 5.79 Å². The third kappa shape index (κ3) is 4.55. The Labute approximate surface area is 132 Å². The fourth-order valence-electron chi connectivity index (χ4n) is 2.78. The summed E-state index contributed by atoms with van der Waals surface area (Å²) >= 11 is 0. The molecule has 0 bridgehead atoms. The van der Waals surface area contributed by atoms with Crippen molar-refractivity contribution in [3.05, 3.63) is 35.4 Å². The van der Waals surface area contributed by atoms with Crippen LogP contribution in [-0.2, 0) is 31.2 Å². The van der Waals surface area contributed by atoms with Gasteiger partial charge in [0.2, 0.25) is 0 Å². The van der Waals surface area contributed by atoms with Crippen LogP contribution >= 0.6 is 0 Å². The second kappa shape index (κ2) is 8.30. The summed E-state index contributed by atoms with van der Waals surface area (Å²) in [7, 11) is 0. The molecule has 0 aliphatic carbocycles. The summed E-state index contributed by atoms with van der Waals surface area (Å²) in [6.45, 7) is 5.39. The molecule has 1 saturated heterocycles. The van der Waals surface area contributed by atoms with Gasteiger partial charge in [-0.05, 0) is 31.2 Å². The SMILES string of the molecule is CCC1(c2ccc(CCCCCOC(C)=O)cc2)OCCO1. The highest BCUT2D eigenvalue weighted by molar-refractivity contribution is 5.65. The van der Waals surface area contributed by atoms with Crippen molar-refractivity contribution in [2.24, 2.45) is 0 Å². The Hall–Kier alpha value is -1.39. The van der Waals surface area contributed by atoms with E-state index in [0.29, 0.717) is 19.8 Å². The summed E-state index contributed by atoms with van der Waals surface area (Å²) in [6, 6.07) is 8.54. The summed E-state index contributed by atoms with van der Waals surface area (Å²) in [5.41, 5.74) is 2.42. The minimum Gasteiger partial charge on any atom is -0.466 e. The molecule has 0 aromatic heterocycles. The van der Waals surface area contributed by atoms with E-state index in [-0.39, 0.29) is 5.97 Å². The molecule has 1 fully saturated rings. The maximum atomic E-state index is 10.6. The Morgan fingerprint density at radius 1 is 1.14 bits per heavy atom. The number of hydrogen-bond donors (Lipinski definition) is 0. The average molecular weight is 306 g/mol. The van der Waals surface area contributed by atoms with E-state index in [4.69, 9.17) is 14.2 Å². The van der Waals surface area contributed by atoms with Gasteiger partial charge < -0.3 is 14.2 Å². The lowest BCUT2D eigenvalue weighted by atomic mass is 9.99. The molecule has 0 N–H and O–H groups in total. The fraction of sp³-hybridized carbons (Fsp3) is 0.611. The molecular formula is C18H26O4. The topological polar surface area (TPSA) is 44.8 Å². The number of carbonyl (C=O) groups excluding carboxylic acids is 1. The van der Waals surface area contributed by atoms with Gasteiger partial charge in [0, 0.05) is 18.9 Å².